The van der Waals surface area contributed by atoms with E-state index in [1.807, 2.05) is 24.1 Å². The van der Waals surface area contributed by atoms with E-state index in [4.69, 9.17) is 11.6 Å². The van der Waals surface area contributed by atoms with Gasteiger partial charge in [0.2, 0.25) is 0 Å². The Labute approximate surface area is 117 Å². The van der Waals surface area contributed by atoms with Crippen molar-refractivity contribution in [2.75, 3.05) is 24.3 Å². The Balaban J connectivity index is 2.21. The molecule has 19 heavy (non-hydrogen) atoms. The van der Waals surface area contributed by atoms with Gasteiger partial charge in [0.1, 0.15) is 11.6 Å². The minimum absolute atomic E-state index is 0.257. The van der Waals surface area contributed by atoms with Crippen LogP contribution in [-0.2, 0) is 6.54 Å². The summed E-state index contributed by atoms with van der Waals surface area (Å²) < 4.78 is 13.2. The van der Waals surface area contributed by atoms with Crippen molar-refractivity contribution >= 4 is 23.1 Å². The van der Waals surface area contributed by atoms with E-state index in [-0.39, 0.29) is 5.82 Å². The maximum absolute atomic E-state index is 13.2. The Morgan fingerprint density at radius 3 is 2.79 bits per heavy atom. The van der Waals surface area contributed by atoms with Crippen LogP contribution in [0.5, 0.6) is 0 Å². The number of nitrogens with one attached hydrogen (secondary N) is 1. The van der Waals surface area contributed by atoms with Crippen LogP contribution in [0.2, 0.25) is 5.02 Å². The van der Waals surface area contributed by atoms with Gasteiger partial charge in [-0.2, -0.15) is 0 Å². The first-order valence-corrected chi connectivity index (χ1v) is 6.28. The van der Waals surface area contributed by atoms with Crippen molar-refractivity contribution in [1.29, 1.82) is 0 Å². The molecule has 1 heterocycles. The maximum atomic E-state index is 13.2. The summed E-state index contributed by atoms with van der Waals surface area (Å²) in [5, 5.41) is 3.57. The Morgan fingerprint density at radius 2 is 2.11 bits per heavy atom. The van der Waals surface area contributed by atoms with Crippen LogP contribution < -0.4 is 10.2 Å². The average Bonchev–Trinajstić information content (AvgIpc) is 2.41. The number of pyridine rings is 1. The SMILES string of the molecule is CNc1ccc(Cl)c(CN(C)c2cccc(F)c2)n1. The lowest BCUT2D eigenvalue weighted by Gasteiger charge is -2.19. The Kier molecular flexibility index (Phi) is 4.22. The maximum Gasteiger partial charge on any atom is 0.126 e. The molecule has 100 valence electrons. The first kappa shape index (κ1) is 13.6. The van der Waals surface area contributed by atoms with Crippen LogP contribution >= 0.6 is 11.6 Å². The number of hydrogen-bond acceptors (Lipinski definition) is 3. The monoisotopic (exact) mass is 279 g/mol. The molecule has 1 aromatic heterocycles. The van der Waals surface area contributed by atoms with Crippen LogP contribution in [-0.4, -0.2) is 19.1 Å². The number of aromatic nitrogens is 1. The van der Waals surface area contributed by atoms with Gasteiger partial charge in [-0.3, -0.25) is 0 Å². The second-order valence-corrected chi connectivity index (χ2v) is 4.62. The fourth-order valence-corrected chi connectivity index (χ4v) is 1.93. The second-order valence-electron chi connectivity index (χ2n) is 4.21. The van der Waals surface area contributed by atoms with Gasteiger partial charge in [-0.15, -0.1) is 0 Å². The van der Waals surface area contributed by atoms with Gasteiger partial charge in [0.15, 0.2) is 0 Å². The van der Waals surface area contributed by atoms with Crippen molar-refractivity contribution in [2.45, 2.75) is 6.54 Å². The van der Waals surface area contributed by atoms with Crippen LogP contribution in [0.4, 0.5) is 15.9 Å². The molecule has 5 heteroatoms. The molecule has 0 aliphatic rings. The lowest BCUT2D eigenvalue weighted by molar-refractivity contribution is 0.627. The Morgan fingerprint density at radius 1 is 1.32 bits per heavy atom. The zero-order chi connectivity index (χ0) is 13.8. The van der Waals surface area contributed by atoms with E-state index in [1.165, 1.54) is 12.1 Å². The van der Waals surface area contributed by atoms with Gasteiger partial charge in [-0.05, 0) is 30.3 Å². The molecule has 0 saturated heterocycles. The van der Waals surface area contributed by atoms with Crippen molar-refractivity contribution in [1.82, 2.24) is 4.98 Å². The summed E-state index contributed by atoms with van der Waals surface area (Å²) in [5.74, 6) is 0.499. The fourth-order valence-electron chi connectivity index (χ4n) is 1.76. The lowest BCUT2D eigenvalue weighted by atomic mass is 10.2. The van der Waals surface area contributed by atoms with Gasteiger partial charge in [-0.1, -0.05) is 17.7 Å². The molecule has 1 aromatic carbocycles. The smallest absolute Gasteiger partial charge is 0.126 e. The third-order valence-corrected chi connectivity index (χ3v) is 3.15. The highest BCUT2D eigenvalue weighted by atomic mass is 35.5. The van der Waals surface area contributed by atoms with E-state index in [1.54, 1.807) is 19.2 Å². The molecule has 0 radical (unpaired) electrons. The van der Waals surface area contributed by atoms with E-state index < -0.39 is 0 Å². The van der Waals surface area contributed by atoms with Crippen molar-refractivity contribution in [3.8, 4) is 0 Å². The quantitative estimate of drug-likeness (QED) is 0.928. The molecular formula is C14H15ClFN3. The topological polar surface area (TPSA) is 28.2 Å². The minimum Gasteiger partial charge on any atom is -0.373 e. The summed E-state index contributed by atoms with van der Waals surface area (Å²) >= 11 is 6.12. The van der Waals surface area contributed by atoms with Crippen molar-refractivity contribution in [3.05, 3.63) is 52.9 Å². The zero-order valence-corrected chi connectivity index (χ0v) is 11.6. The predicted molar refractivity (Wildman–Crippen MR) is 77.3 cm³/mol. The average molecular weight is 280 g/mol. The number of benzene rings is 1. The molecule has 0 saturated carbocycles. The molecule has 0 unspecified atom stereocenters. The van der Waals surface area contributed by atoms with Crippen LogP contribution in [0.3, 0.4) is 0 Å². The van der Waals surface area contributed by atoms with E-state index in [9.17, 15) is 4.39 Å². The van der Waals surface area contributed by atoms with Crippen molar-refractivity contribution in [3.63, 3.8) is 0 Å². The molecule has 3 nitrogen and oxygen atoms in total. The Bertz CT molecular complexity index is 574. The molecule has 0 spiro atoms. The third-order valence-electron chi connectivity index (χ3n) is 2.81. The molecule has 1 N–H and O–H groups in total. The first-order valence-electron chi connectivity index (χ1n) is 5.90. The van der Waals surface area contributed by atoms with E-state index in [0.29, 0.717) is 11.6 Å². The molecule has 0 bridgehead atoms. The van der Waals surface area contributed by atoms with Crippen LogP contribution in [0, 0.1) is 5.82 Å². The zero-order valence-electron chi connectivity index (χ0n) is 10.8. The van der Waals surface area contributed by atoms with E-state index in [2.05, 4.69) is 10.3 Å². The summed E-state index contributed by atoms with van der Waals surface area (Å²) in [6.45, 7) is 0.512. The number of rotatable bonds is 4. The van der Waals surface area contributed by atoms with Gasteiger partial charge >= 0.3 is 0 Å². The molecule has 2 aromatic rings. The lowest BCUT2D eigenvalue weighted by Crippen LogP contribution is -2.18. The van der Waals surface area contributed by atoms with E-state index in [0.717, 1.165) is 17.2 Å². The molecule has 2 rings (SSSR count). The number of anilines is 2. The normalized spacial score (nSPS) is 10.3. The number of nitrogens with zero attached hydrogens (tertiary/aromatic N) is 2. The second kappa shape index (κ2) is 5.89. The number of hydrogen-bond donors (Lipinski definition) is 1. The summed E-state index contributed by atoms with van der Waals surface area (Å²) in [4.78, 5) is 6.30. The summed E-state index contributed by atoms with van der Waals surface area (Å²) in [5.41, 5.74) is 1.54. The fraction of sp³-hybridized carbons (Fsp3) is 0.214. The summed E-state index contributed by atoms with van der Waals surface area (Å²) in [6, 6.07) is 10.0. The number of halogens is 2. The molecule has 0 amide bonds. The highest BCUT2D eigenvalue weighted by Crippen LogP contribution is 2.21. The molecule has 0 fully saturated rings. The van der Waals surface area contributed by atoms with Crippen LogP contribution in [0.1, 0.15) is 5.69 Å². The highest BCUT2D eigenvalue weighted by Gasteiger charge is 2.08. The molecular weight excluding hydrogens is 265 g/mol. The minimum atomic E-state index is -0.257. The van der Waals surface area contributed by atoms with Crippen LogP contribution in [0.15, 0.2) is 36.4 Å². The van der Waals surface area contributed by atoms with Gasteiger partial charge in [-0.25, -0.2) is 9.37 Å². The van der Waals surface area contributed by atoms with Crippen LogP contribution in [0.25, 0.3) is 0 Å². The third kappa shape index (κ3) is 3.35. The highest BCUT2D eigenvalue weighted by molar-refractivity contribution is 6.31. The molecule has 0 aliphatic carbocycles. The Hall–Kier alpha value is -1.81. The predicted octanol–water partition coefficient (Wildman–Crippen LogP) is 3.55. The molecule has 0 aliphatic heterocycles. The van der Waals surface area contributed by atoms with Gasteiger partial charge < -0.3 is 10.2 Å². The van der Waals surface area contributed by atoms with E-state index >= 15 is 0 Å². The summed E-state index contributed by atoms with van der Waals surface area (Å²) in [7, 11) is 3.68. The van der Waals surface area contributed by atoms with Gasteiger partial charge in [0, 0.05) is 19.8 Å². The molecule has 0 atom stereocenters. The van der Waals surface area contributed by atoms with Gasteiger partial charge in [0.25, 0.3) is 0 Å². The van der Waals surface area contributed by atoms with Crippen molar-refractivity contribution < 1.29 is 4.39 Å². The largest absolute Gasteiger partial charge is 0.373 e. The standard InChI is InChI=1S/C14H15ClFN3/c1-17-14-7-6-12(15)13(18-14)9-19(2)11-5-3-4-10(16)8-11/h3-8H,9H2,1-2H3,(H,17,18). The van der Waals surface area contributed by atoms with Gasteiger partial charge in [0.05, 0.1) is 17.3 Å². The first-order chi connectivity index (χ1) is 9.10. The summed E-state index contributed by atoms with van der Waals surface area (Å²) in [6.07, 6.45) is 0. The van der Waals surface area contributed by atoms with Crippen molar-refractivity contribution in [2.24, 2.45) is 0 Å².